The molecule has 0 spiro atoms. The van der Waals surface area contributed by atoms with Crippen molar-refractivity contribution >= 4 is 11.4 Å². The fourth-order valence-corrected chi connectivity index (χ4v) is 1.28. The molecule has 0 saturated carbocycles. The van der Waals surface area contributed by atoms with Gasteiger partial charge in [-0.2, -0.15) is 15.8 Å². The molecule has 18 heavy (non-hydrogen) atoms. The Labute approximate surface area is 105 Å². The molecule has 0 saturated heterocycles. The van der Waals surface area contributed by atoms with Gasteiger partial charge in [-0.05, 0) is 19.1 Å². The van der Waals surface area contributed by atoms with E-state index >= 15 is 0 Å². The predicted octanol–water partition coefficient (Wildman–Crippen LogP) is 1.58. The Morgan fingerprint density at radius 2 is 1.72 bits per heavy atom. The van der Waals surface area contributed by atoms with Crippen LogP contribution in [0, 0.1) is 46.8 Å². The van der Waals surface area contributed by atoms with E-state index in [-0.39, 0.29) is 5.71 Å². The highest BCUT2D eigenvalue weighted by molar-refractivity contribution is 6.04. The molecular formula is C13H11N5. The Morgan fingerprint density at radius 1 is 1.17 bits per heavy atom. The van der Waals surface area contributed by atoms with Crippen LogP contribution >= 0.6 is 0 Å². The van der Waals surface area contributed by atoms with Gasteiger partial charge in [0.05, 0.1) is 23.9 Å². The molecule has 0 fully saturated rings. The van der Waals surface area contributed by atoms with Crippen molar-refractivity contribution in [2.45, 2.75) is 13.0 Å². The standard InChI is InChI=1S/C13H11N5/c1-9-2-4-11(5-3-9)18-12(8-16)13(17)10(6-14)7-15/h2-5,10,13H,17H2,1H3/t13-/m1/s1. The van der Waals surface area contributed by atoms with Crippen LogP contribution in [0.1, 0.15) is 5.56 Å². The highest BCUT2D eigenvalue weighted by Crippen LogP contribution is 2.14. The van der Waals surface area contributed by atoms with Gasteiger partial charge in [-0.25, -0.2) is 4.99 Å². The van der Waals surface area contributed by atoms with Crippen LogP contribution in [-0.2, 0) is 0 Å². The van der Waals surface area contributed by atoms with Gasteiger partial charge in [-0.15, -0.1) is 0 Å². The number of rotatable bonds is 3. The zero-order valence-corrected chi connectivity index (χ0v) is 9.83. The molecule has 0 heterocycles. The Bertz CT molecular complexity index is 551. The first kappa shape index (κ1) is 13.4. The van der Waals surface area contributed by atoms with Crippen LogP contribution in [0.3, 0.4) is 0 Å². The summed E-state index contributed by atoms with van der Waals surface area (Å²) in [6.07, 6.45) is 0. The van der Waals surface area contributed by atoms with Crippen LogP contribution < -0.4 is 5.73 Å². The minimum Gasteiger partial charge on any atom is -0.320 e. The lowest BCUT2D eigenvalue weighted by Gasteiger charge is -2.09. The molecule has 1 aromatic rings. The van der Waals surface area contributed by atoms with Crippen molar-refractivity contribution in [3.8, 4) is 18.2 Å². The van der Waals surface area contributed by atoms with E-state index < -0.39 is 12.0 Å². The fraction of sp³-hybridized carbons (Fsp3) is 0.231. The summed E-state index contributed by atoms with van der Waals surface area (Å²) in [5.74, 6) is -1.08. The van der Waals surface area contributed by atoms with Crippen molar-refractivity contribution in [1.82, 2.24) is 0 Å². The molecular weight excluding hydrogens is 226 g/mol. The maximum atomic E-state index is 8.97. The molecule has 0 unspecified atom stereocenters. The Balaban J connectivity index is 3.05. The Morgan fingerprint density at radius 3 is 2.17 bits per heavy atom. The summed E-state index contributed by atoms with van der Waals surface area (Å²) in [6.45, 7) is 1.94. The van der Waals surface area contributed by atoms with Gasteiger partial charge in [-0.1, -0.05) is 17.7 Å². The fourth-order valence-electron chi connectivity index (χ4n) is 1.28. The topological polar surface area (TPSA) is 110 Å². The molecule has 0 bridgehead atoms. The first-order chi connectivity index (χ1) is 8.62. The highest BCUT2D eigenvalue weighted by atomic mass is 14.8. The summed E-state index contributed by atoms with van der Waals surface area (Å²) in [4.78, 5) is 4.06. The van der Waals surface area contributed by atoms with Crippen LogP contribution in [-0.4, -0.2) is 11.8 Å². The molecule has 5 heteroatoms. The van der Waals surface area contributed by atoms with E-state index in [1.165, 1.54) is 0 Å². The average Bonchev–Trinajstić information content (AvgIpc) is 2.39. The van der Waals surface area contributed by atoms with Gasteiger partial charge in [0.25, 0.3) is 0 Å². The summed E-state index contributed by atoms with van der Waals surface area (Å²) in [7, 11) is 0. The smallest absolute Gasteiger partial charge is 0.154 e. The number of aryl methyl sites for hydroxylation is 1. The predicted molar refractivity (Wildman–Crippen MR) is 66.6 cm³/mol. The van der Waals surface area contributed by atoms with E-state index in [1.807, 2.05) is 25.1 Å². The van der Waals surface area contributed by atoms with E-state index in [4.69, 9.17) is 21.5 Å². The second kappa shape index (κ2) is 6.15. The third-order valence-electron chi connectivity index (χ3n) is 2.35. The number of nitriles is 3. The molecule has 1 atom stereocenters. The zero-order valence-electron chi connectivity index (χ0n) is 9.83. The molecule has 2 N–H and O–H groups in total. The first-order valence-electron chi connectivity index (χ1n) is 5.22. The number of hydrogen-bond acceptors (Lipinski definition) is 5. The maximum absolute atomic E-state index is 8.97. The zero-order chi connectivity index (χ0) is 13.5. The molecule has 1 rings (SSSR count). The number of aliphatic imine (C=N–C) groups is 1. The molecule has 0 aliphatic carbocycles. The second-order valence-electron chi connectivity index (χ2n) is 3.71. The maximum Gasteiger partial charge on any atom is 0.154 e. The van der Waals surface area contributed by atoms with E-state index in [0.29, 0.717) is 5.69 Å². The summed E-state index contributed by atoms with van der Waals surface area (Å²) in [5.41, 5.74) is 7.30. The van der Waals surface area contributed by atoms with E-state index in [9.17, 15) is 0 Å². The van der Waals surface area contributed by atoms with Crippen molar-refractivity contribution in [3.63, 3.8) is 0 Å². The van der Waals surface area contributed by atoms with Crippen molar-refractivity contribution in [2.24, 2.45) is 16.6 Å². The second-order valence-corrected chi connectivity index (χ2v) is 3.71. The molecule has 1 aromatic carbocycles. The third-order valence-corrected chi connectivity index (χ3v) is 2.35. The van der Waals surface area contributed by atoms with Gasteiger partial charge >= 0.3 is 0 Å². The average molecular weight is 237 g/mol. The Kier molecular flexibility index (Phi) is 4.58. The summed E-state index contributed by atoms with van der Waals surface area (Å²) >= 11 is 0. The summed E-state index contributed by atoms with van der Waals surface area (Å²) in [6, 6.07) is 11.5. The summed E-state index contributed by atoms with van der Waals surface area (Å²) in [5, 5.41) is 26.4. The van der Waals surface area contributed by atoms with Crippen molar-refractivity contribution in [1.29, 1.82) is 15.8 Å². The number of hydrogen-bond donors (Lipinski definition) is 1. The van der Waals surface area contributed by atoms with Gasteiger partial charge < -0.3 is 5.73 Å². The number of benzene rings is 1. The molecule has 0 aromatic heterocycles. The molecule has 0 amide bonds. The van der Waals surface area contributed by atoms with Gasteiger partial charge in [0.15, 0.2) is 5.92 Å². The Hall–Kier alpha value is -2.68. The van der Waals surface area contributed by atoms with Crippen LogP contribution in [0.15, 0.2) is 29.3 Å². The van der Waals surface area contributed by atoms with Crippen LogP contribution in [0.4, 0.5) is 5.69 Å². The lowest BCUT2D eigenvalue weighted by Crippen LogP contribution is -2.36. The third kappa shape index (κ3) is 3.15. The van der Waals surface area contributed by atoms with E-state index in [2.05, 4.69) is 4.99 Å². The van der Waals surface area contributed by atoms with Crippen LogP contribution in [0.5, 0.6) is 0 Å². The quantitative estimate of drug-likeness (QED) is 0.804. The SMILES string of the molecule is Cc1ccc(N=C(C#N)[C@H](N)C(C#N)C#N)cc1. The van der Waals surface area contributed by atoms with Gasteiger partial charge in [0.2, 0.25) is 0 Å². The normalized spacial score (nSPS) is 12.3. The minimum atomic E-state index is -1.08. The van der Waals surface area contributed by atoms with Crippen LogP contribution in [0.25, 0.3) is 0 Å². The molecule has 0 aliphatic heterocycles. The van der Waals surface area contributed by atoms with E-state index in [0.717, 1.165) is 5.56 Å². The molecule has 0 radical (unpaired) electrons. The van der Waals surface area contributed by atoms with Gasteiger partial charge in [0, 0.05) is 0 Å². The number of nitrogens with zero attached hydrogens (tertiary/aromatic N) is 4. The van der Waals surface area contributed by atoms with Gasteiger partial charge in [-0.3, -0.25) is 0 Å². The van der Waals surface area contributed by atoms with Crippen molar-refractivity contribution in [2.75, 3.05) is 0 Å². The highest BCUT2D eigenvalue weighted by Gasteiger charge is 2.22. The van der Waals surface area contributed by atoms with Crippen molar-refractivity contribution in [3.05, 3.63) is 29.8 Å². The van der Waals surface area contributed by atoms with Crippen LogP contribution in [0.2, 0.25) is 0 Å². The summed E-state index contributed by atoms with van der Waals surface area (Å²) < 4.78 is 0. The lowest BCUT2D eigenvalue weighted by atomic mass is 10.00. The van der Waals surface area contributed by atoms with Gasteiger partial charge in [0.1, 0.15) is 11.8 Å². The minimum absolute atomic E-state index is 0.0213. The molecule has 5 nitrogen and oxygen atoms in total. The molecule has 88 valence electrons. The molecule has 0 aliphatic rings. The van der Waals surface area contributed by atoms with E-state index in [1.54, 1.807) is 24.3 Å². The lowest BCUT2D eigenvalue weighted by molar-refractivity contribution is 0.752. The first-order valence-corrected chi connectivity index (χ1v) is 5.22. The monoisotopic (exact) mass is 237 g/mol. The van der Waals surface area contributed by atoms with Crippen molar-refractivity contribution < 1.29 is 0 Å². The largest absolute Gasteiger partial charge is 0.320 e. The number of nitrogens with two attached hydrogens (primary N) is 1.